The third kappa shape index (κ3) is 2.72. The van der Waals surface area contributed by atoms with Gasteiger partial charge >= 0.3 is 0 Å². The number of hydrogen-bond donors (Lipinski definition) is 0. The van der Waals surface area contributed by atoms with E-state index in [0.29, 0.717) is 5.92 Å². The van der Waals surface area contributed by atoms with Crippen molar-refractivity contribution in [2.24, 2.45) is 7.05 Å². The predicted molar refractivity (Wildman–Crippen MR) is 107 cm³/mol. The minimum Gasteiger partial charge on any atom is -0.377 e. The highest BCUT2D eigenvalue weighted by Gasteiger charge is 2.41. The first kappa shape index (κ1) is 17.4. The summed E-state index contributed by atoms with van der Waals surface area (Å²) in [6, 6.07) is 4.17. The Bertz CT molecular complexity index is 1060. The van der Waals surface area contributed by atoms with E-state index in [-0.39, 0.29) is 5.54 Å². The van der Waals surface area contributed by atoms with Gasteiger partial charge in [0, 0.05) is 12.4 Å². The molecule has 2 aliphatic heterocycles. The predicted octanol–water partition coefficient (Wildman–Crippen LogP) is 3.28. The molecule has 2 fully saturated rings. The largest absolute Gasteiger partial charge is 0.377 e. The van der Waals surface area contributed by atoms with Crippen LogP contribution in [0.4, 0.5) is 5.69 Å². The van der Waals surface area contributed by atoms with Gasteiger partial charge in [-0.25, -0.2) is 9.53 Å². The Morgan fingerprint density at radius 2 is 1.96 bits per heavy atom. The zero-order valence-corrected chi connectivity index (χ0v) is 16.3. The van der Waals surface area contributed by atoms with E-state index in [1.54, 1.807) is 4.68 Å². The molecule has 0 amide bonds. The van der Waals surface area contributed by atoms with Crippen LogP contribution in [0.3, 0.4) is 0 Å². The van der Waals surface area contributed by atoms with Gasteiger partial charge in [-0.1, -0.05) is 0 Å². The van der Waals surface area contributed by atoms with Crippen molar-refractivity contribution in [2.45, 2.75) is 31.2 Å². The van der Waals surface area contributed by atoms with E-state index in [9.17, 15) is 0 Å². The first-order valence-electron chi connectivity index (χ1n) is 9.78. The molecule has 0 spiro atoms. The molecule has 0 aliphatic carbocycles. The lowest BCUT2D eigenvalue weighted by molar-refractivity contribution is -0.136. The second kappa shape index (κ2) is 6.43. The Balaban J connectivity index is 1.48. The van der Waals surface area contributed by atoms with Crippen molar-refractivity contribution in [3.8, 4) is 5.69 Å². The normalized spacial score (nSPS) is 20.2. The third-order valence-electron chi connectivity index (χ3n) is 6.30. The van der Waals surface area contributed by atoms with Crippen molar-refractivity contribution >= 4 is 16.6 Å². The van der Waals surface area contributed by atoms with Gasteiger partial charge in [-0.05, 0) is 56.5 Å². The molecule has 7 heteroatoms. The summed E-state index contributed by atoms with van der Waals surface area (Å²) in [5.41, 5.74) is 4.10. The van der Waals surface area contributed by atoms with Crippen LogP contribution in [0.5, 0.6) is 0 Å². The van der Waals surface area contributed by atoms with E-state index >= 15 is 0 Å². The molecule has 28 heavy (non-hydrogen) atoms. The molecule has 0 radical (unpaired) electrons. The number of hydrogen-bond acceptors (Lipinski definition) is 4. The van der Waals surface area contributed by atoms with Crippen LogP contribution in [0, 0.1) is 6.57 Å². The Hall–Kier alpha value is -2.69. The molecule has 0 N–H and O–H groups in total. The quantitative estimate of drug-likeness (QED) is 0.659. The zero-order chi connectivity index (χ0) is 19.3. The number of piperidine rings is 1. The van der Waals surface area contributed by atoms with Gasteiger partial charge in [-0.15, -0.1) is 0 Å². The Morgan fingerprint density at radius 1 is 1.18 bits per heavy atom. The fourth-order valence-electron chi connectivity index (χ4n) is 4.54. The SMILES string of the molecule is [C-]#[N+]c1cc2cnn(-c3cnn(C)c3)c2cc1C1CCN(C2(C)COC2)CC1. The molecule has 7 nitrogen and oxygen atoms in total. The molecule has 1 aromatic carbocycles. The van der Waals surface area contributed by atoms with E-state index < -0.39 is 0 Å². The summed E-state index contributed by atoms with van der Waals surface area (Å²) >= 11 is 0. The second-order valence-corrected chi connectivity index (χ2v) is 8.26. The van der Waals surface area contributed by atoms with Gasteiger partial charge in [0.2, 0.25) is 0 Å². The van der Waals surface area contributed by atoms with Gasteiger partial charge in [0.1, 0.15) is 5.69 Å². The maximum Gasteiger partial charge on any atom is 0.191 e. The maximum atomic E-state index is 7.69. The number of nitrogens with zero attached hydrogens (tertiary/aromatic N) is 6. The minimum absolute atomic E-state index is 0.205. The molecule has 144 valence electrons. The molecule has 2 aliphatic rings. The van der Waals surface area contributed by atoms with Crippen molar-refractivity contribution in [3.63, 3.8) is 0 Å². The van der Waals surface area contributed by atoms with Gasteiger partial charge in [0.15, 0.2) is 5.69 Å². The highest BCUT2D eigenvalue weighted by molar-refractivity contribution is 5.86. The summed E-state index contributed by atoms with van der Waals surface area (Å²) in [4.78, 5) is 6.40. The van der Waals surface area contributed by atoms with Crippen LogP contribution < -0.4 is 0 Å². The molecule has 3 aromatic rings. The smallest absolute Gasteiger partial charge is 0.191 e. The van der Waals surface area contributed by atoms with E-state index in [1.165, 1.54) is 0 Å². The van der Waals surface area contributed by atoms with Crippen LogP contribution in [0.15, 0.2) is 30.7 Å². The van der Waals surface area contributed by atoms with Crippen LogP contribution in [0.1, 0.15) is 31.2 Å². The molecule has 2 aromatic heterocycles. The molecular formula is C21H24N6O. The van der Waals surface area contributed by atoms with Crippen molar-refractivity contribution in [2.75, 3.05) is 26.3 Å². The van der Waals surface area contributed by atoms with Crippen molar-refractivity contribution in [1.82, 2.24) is 24.5 Å². The minimum atomic E-state index is 0.205. The van der Waals surface area contributed by atoms with E-state index in [2.05, 4.69) is 32.9 Å². The number of likely N-dealkylation sites (tertiary alicyclic amines) is 1. The van der Waals surface area contributed by atoms with Crippen LogP contribution in [0.25, 0.3) is 21.4 Å². The van der Waals surface area contributed by atoms with Crippen LogP contribution in [0.2, 0.25) is 0 Å². The second-order valence-electron chi connectivity index (χ2n) is 8.26. The van der Waals surface area contributed by atoms with E-state index in [1.807, 2.05) is 36.4 Å². The fourth-order valence-corrected chi connectivity index (χ4v) is 4.54. The topological polar surface area (TPSA) is 52.5 Å². The molecule has 0 bridgehead atoms. The molecule has 2 saturated heterocycles. The van der Waals surface area contributed by atoms with Crippen molar-refractivity contribution in [3.05, 3.63) is 47.7 Å². The highest BCUT2D eigenvalue weighted by Crippen LogP contribution is 2.39. The summed E-state index contributed by atoms with van der Waals surface area (Å²) in [7, 11) is 1.90. The summed E-state index contributed by atoms with van der Waals surface area (Å²) < 4.78 is 9.13. The lowest BCUT2D eigenvalue weighted by atomic mass is 9.85. The number of benzene rings is 1. The Labute approximate surface area is 164 Å². The molecule has 0 saturated carbocycles. The summed E-state index contributed by atoms with van der Waals surface area (Å²) in [6.07, 6.45) is 7.75. The molecule has 0 atom stereocenters. The zero-order valence-electron chi connectivity index (χ0n) is 16.3. The van der Waals surface area contributed by atoms with Gasteiger partial charge in [-0.2, -0.15) is 10.2 Å². The van der Waals surface area contributed by atoms with E-state index in [4.69, 9.17) is 11.3 Å². The van der Waals surface area contributed by atoms with Crippen LogP contribution >= 0.6 is 0 Å². The van der Waals surface area contributed by atoms with Crippen LogP contribution in [-0.4, -0.2) is 56.3 Å². The fraction of sp³-hybridized carbons (Fsp3) is 0.476. The first-order valence-corrected chi connectivity index (χ1v) is 9.78. The lowest BCUT2D eigenvalue weighted by Gasteiger charge is -2.50. The van der Waals surface area contributed by atoms with E-state index in [0.717, 1.165) is 67.0 Å². The third-order valence-corrected chi connectivity index (χ3v) is 6.30. The summed E-state index contributed by atoms with van der Waals surface area (Å²) in [5.74, 6) is 0.409. The number of aryl methyl sites for hydroxylation is 1. The molecule has 0 unspecified atom stereocenters. The van der Waals surface area contributed by atoms with Gasteiger partial charge < -0.3 is 4.74 Å². The lowest BCUT2D eigenvalue weighted by Crippen LogP contribution is -2.61. The Kier molecular flexibility index (Phi) is 4.00. The maximum absolute atomic E-state index is 7.69. The van der Waals surface area contributed by atoms with Gasteiger partial charge in [-0.3, -0.25) is 9.58 Å². The first-order chi connectivity index (χ1) is 13.6. The monoisotopic (exact) mass is 376 g/mol. The summed E-state index contributed by atoms with van der Waals surface area (Å²) in [6.45, 7) is 13.8. The molecular weight excluding hydrogens is 352 g/mol. The average molecular weight is 376 g/mol. The number of fused-ring (bicyclic) bond motifs is 1. The highest BCUT2D eigenvalue weighted by atomic mass is 16.5. The average Bonchev–Trinajstić information content (AvgIpc) is 3.30. The molecule has 5 rings (SSSR count). The standard InChI is InChI=1S/C21H24N6O/c1-21(13-28-14-21)26-6-4-15(5-7-26)18-9-20-16(8-19(18)22-2)10-24-27(20)17-11-23-25(3)12-17/h8-12,15H,4-7,13-14H2,1,3H3. The Morgan fingerprint density at radius 3 is 2.57 bits per heavy atom. The van der Waals surface area contributed by atoms with Gasteiger partial charge in [0.25, 0.3) is 0 Å². The van der Waals surface area contributed by atoms with Crippen molar-refractivity contribution in [1.29, 1.82) is 0 Å². The van der Waals surface area contributed by atoms with Gasteiger partial charge in [0.05, 0.1) is 49.4 Å². The number of rotatable bonds is 3. The van der Waals surface area contributed by atoms with Crippen molar-refractivity contribution < 1.29 is 4.74 Å². The number of ether oxygens (including phenoxy) is 1. The summed E-state index contributed by atoms with van der Waals surface area (Å²) in [5, 5.41) is 9.80. The van der Waals surface area contributed by atoms with Crippen LogP contribution in [-0.2, 0) is 11.8 Å². The number of aromatic nitrogens is 4. The molecule has 4 heterocycles.